The van der Waals surface area contributed by atoms with E-state index in [9.17, 15) is 0 Å². The van der Waals surface area contributed by atoms with E-state index in [0.29, 0.717) is 6.61 Å². The number of ether oxygens (including phenoxy) is 1. The lowest BCUT2D eigenvalue weighted by Crippen LogP contribution is -2.13. The van der Waals surface area contributed by atoms with E-state index in [0.717, 1.165) is 35.8 Å². The normalized spacial score (nSPS) is 10.3. The number of hydrogen-bond acceptors (Lipinski definition) is 3. The molecule has 1 N–H and O–H groups in total. The molecular weight excluding hydrogens is 248 g/mol. The van der Waals surface area contributed by atoms with Crippen molar-refractivity contribution in [3.05, 3.63) is 53.3 Å². The Bertz CT molecular complexity index is 567. The van der Waals surface area contributed by atoms with E-state index in [2.05, 4.69) is 36.3 Å². The Morgan fingerprint density at radius 1 is 1.10 bits per heavy atom. The molecule has 1 aromatic heterocycles. The van der Waals surface area contributed by atoms with Gasteiger partial charge in [-0.3, -0.25) is 4.98 Å². The highest BCUT2D eigenvalue weighted by atomic mass is 16.5. The lowest BCUT2D eigenvalue weighted by Gasteiger charge is -2.12. The van der Waals surface area contributed by atoms with E-state index in [1.165, 1.54) is 5.56 Å². The zero-order chi connectivity index (χ0) is 14.4. The summed E-state index contributed by atoms with van der Waals surface area (Å²) in [5.74, 6) is 0.893. The molecule has 1 aromatic carbocycles. The summed E-state index contributed by atoms with van der Waals surface area (Å²) in [5.41, 5.74) is 4.47. The number of nitrogens with zero attached hydrogens (tertiary/aromatic N) is 1. The Balaban J connectivity index is 1.86. The van der Waals surface area contributed by atoms with Gasteiger partial charge in [0.15, 0.2) is 0 Å². The van der Waals surface area contributed by atoms with Gasteiger partial charge < -0.3 is 10.1 Å². The van der Waals surface area contributed by atoms with Gasteiger partial charge in [-0.15, -0.1) is 0 Å². The molecule has 20 heavy (non-hydrogen) atoms. The van der Waals surface area contributed by atoms with Gasteiger partial charge in [-0.1, -0.05) is 25.1 Å². The Hall–Kier alpha value is -2.03. The fourth-order valence-electron chi connectivity index (χ4n) is 2.10. The monoisotopic (exact) mass is 270 g/mol. The number of para-hydroxylation sites is 1. The molecule has 0 amide bonds. The molecule has 0 saturated carbocycles. The van der Waals surface area contributed by atoms with Crippen LogP contribution in [-0.2, 0) is 6.42 Å². The number of aryl methyl sites for hydroxylation is 3. The Morgan fingerprint density at radius 3 is 2.65 bits per heavy atom. The molecule has 0 aliphatic carbocycles. The van der Waals surface area contributed by atoms with Crippen molar-refractivity contribution in [2.45, 2.75) is 27.2 Å². The molecule has 0 atom stereocenters. The van der Waals surface area contributed by atoms with E-state index in [1.54, 1.807) is 0 Å². The van der Waals surface area contributed by atoms with Crippen molar-refractivity contribution in [3.63, 3.8) is 0 Å². The molecule has 0 bridgehead atoms. The van der Waals surface area contributed by atoms with E-state index >= 15 is 0 Å². The Kier molecular flexibility index (Phi) is 4.99. The molecule has 3 heteroatoms. The predicted molar refractivity (Wildman–Crippen MR) is 83.5 cm³/mol. The first kappa shape index (κ1) is 14.4. The second kappa shape index (κ2) is 6.94. The molecule has 0 spiro atoms. The summed E-state index contributed by atoms with van der Waals surface area (Å²) in [6.07, 6.45) is 0.891. The topological polar surface area (TPSA) is 34.1 Å². The number of aromatic nitrogens is 1. The minimum absolute atomic E-state index is 0.631. The summed E-state index contributed by atoms with van der Waals surface area (Å²) in [6, 6.07) is 12.3. The van der Waals surface area contributed by atoms with Crippen LogP contribution in [0.5, 0.6) is 5.75 Å². The smallest absolute Gasteiger partial charge is 0.140 e. The van der Waals surface area contributed by atoms with Crippen LogP contribution in [0.4, 0.5) is 5.69 Å². The van der Waals surface area contributed by atoms with Gasteiger partial charge in [0.25, 0.3) is 0 Å². The maximum absolute atomic E-state index is 5.82. The molecule has 0 unspecified atom stereocenters. The van der Waals surface area contributed by atoms with Crippen molar-refractivity contribution >= 4 is 5.69 Å². The SMILES string of the molecule is CCc1nc(C)ccc1OCCNc1ccccc1C. The van der Waals surface area contributed by atoms with Crippen molar-refractivity contribution in [1.82, 2.24) is 4.98 Å². The summed E-state index contributed by atoms with van der Waals surface area (Å²) >= 11 is 0. The largest absolute Gasteiger partial charge is 0.490 e. The van der Waals surface area contributed by atoms with Crippen LogP contribution in [0.15, 0.2) is 36.4 Å². The number of anilines is 1. The lowest BCUT2D eigenvalue weighted by atomic mass is 10.2. The average molecular weight is 270 g/mol. The van der Waals surface area contributed by atoms with Crippen LogP contribution in [0.2, 0.25) is 0 Å². The van der Waals surface area contributed by atoms with E-state index in [-0.39, 0.29) is 0 Å². The molecule has 0 aliphatic rings. The molecular formula is C17H22N2O. The lowest BCUT2D eigenvalue weighted by molar-refractivity contribution is 0.327. The minimum atomic E-state index is 0.631. The van der Waals surface area contributed by atoms with Crippen molar-refractivity contribution in [2.75, 3.05) is 18.5 Å². The number of benzene rings is 1. The minimum Gasteiger partial charge on any atom is -0.490 e. The number of rotatable bonds is 6. The zero-order valence-corrected chi connectivity index (χ0v) is 12.4. The third-order valence-electron chi connectivity index (χ3n) is 3.23. The highest BCUT2D eigenvalue weighted by molar-refractivity contribution is 5.50. The van der Waals surface area contributed by atoms with E-state index in [4.69, 9.17) is 4.74 Å². The van der Waals surface area contributed by atoms with Crippen molar-refractivity contribution in [1.29, 1.82) is 0 Å². The first-order valence-electron chi connectivity index (χ1n) is 7.09. The summed E-state index contributed by atoms with van der Waals surface area (Å²) in [4.78, 5) is 4.50. The second-order valence-electron chi connectivity index (χ2n) is 4.84. The first-order chi connectivity index (χ1) is 9.70. The van der Waals surface area contributed by atoms with Gasteiger partial charge in [0.2, 0.25) is 0 Å². The quantitative estimate of drug-likeness (QED) is 0.812. The summed E-state index contributed by atoms with van der Waals surface area (Å²) < 4.78 is 5.82. The van der Waals surface area contributed by atoms with Gasteiger partial charge in [-0.25, -0.2) is 0 Å². The fourth-order valence-corrected chi connectivity index (χ4v) is 2.10. The van der Waals surface area contributed by atoms with Crippen LogP contribution in [0, 0.1) is 13.8 Å². The first-order valence-corrected chi connectivity index (χ1v) is 7.09. The van der Waals surface area contributed by atoms with E-state index < -0.39 is 0 Å². The maximum atomic E-state index is 5.82. The summed E-state index contributed by atoms with van der Waals surface area (Å²) in [6.45, 7) is 7.61. The molecule has 106 valence electrons. The summed E-state index contributed by atoms with van der Waals surface area (Å²) in [7, 11) is 0. The van der Waals surface area contributed by atoms with Crippen LogP contribution in [0.25, 0.3) is 0 Å². The van der Waals surface area contributed by atoms with Gasteiger partial charge >= 0.3 is 0 Å². The van der Waals surface area contributed by atoms with Crippen LogP contribution in [0.3, 0.4) is 0 Å². The third kappa shape index (κ3) is 3.73. The van der Waals surface area contributed by atoms with Gasteiger partial charge in [-0.2, -0.15) is 0 Å². The number of pyridine rings is 1. The molecule has 0 radical (unpaired) electrons. The maximum Gasteiger partial charge on any atom is 0.140 e. The van der Waals surface area contributed by atoms with Crippen molar-refractivity contribution < 1.29 is 4.74 Å². The molecule has 2 rings (SSSR count). The van der Waals surface area contributed by atoms with Crippen LogP contribution < -0.4 is 10.1 Å². The highest BCUT2D eigenvalue weighted by Crippen LogP contribution is 2.17. The zero-order valence-electron chi connectivity index (χ0n) is 12.4. The average Bonchev–Trinajstić information content (AvgIpc) is 2.46. The van der Waals surface area contributed by atoms with Gasteiger partial charge in [0.1, 0.15) is 12.4 Å². The van der Waals surface area contributed by atoms with Gasteiger partial charge in [0.05, 0.1) is 5.69 Å². The second-order valence-corrected chi connectivity index (χ2v) is 4.84. The number of nitrogens with one attached hydrogen (secondary N) is 1. The standard InChI is InChI=1S/C17H22N2O/c1-4-15-17(10-9-14(3)19-15)20-12-11-18-16-8-6-5-7-13(16)2/h5-10,18H,4,11-12H2,1-3H3. The van der Waals surface area contributed by atoms with E-state index in [1.807, 2.05) is 31.2 Å². The molecule has 3 nitrogen and oxygen atoms in total. The Labute approximate surface area is 121 Å². The third-order valence-corrected chi connectivity index (χ3v) is 3.23. The molecule has 0 aliphatic heterocycles. The van der Waals surface area contributed by atoms with Crippen LogP contribution in [-0.4, -0.2) is 18.1 Å². The Morgan fingerprint density at radius 2 is 1.90 bits per heavy atom. The fraction of sp³-hybridized carbons (Fsp3) is 0.353. The highest BCUT2D eigenvalue weighted by Gasteiger charge is 2.03. The predicted octanol–water partition coefficient (Wildman–Crippen LogP) is 3.75. The summed E-state index contributed by atoms with van der Waals surface area (Å²) in [5, 5.41) is 3.39. The van der Waals surface area contributed by atoms with Crippen molar-refractivity contribution in [2.24, 2.45) is 0 Å². The molecule has 1 heterocycles. The van der Waals surface area contributed by atoms with Crippen LogP contribution >= 0.6 is 0 Å². The number of hydrogen-bond donors (Lipinski definition) is 1. The van der Waals surface area contributed by atoms with Gasteiger partial charge in [-0.05, 0) is 44.0 Å². The molecule has 0 fully saturated rings. The van der Waals surface area contributed by atoms with Crippen molar-refractivity contribution in [3.8, 4) is 5.75 Å². The molecule has 0 saturated heterocycles. The molecule has 2 aromatic rings. The van der Waals surface area contributed by atoms with Gasteiger partial charge in [0, 0.05) is 17.9 Å². The van der Waals surface area contributed by atoms with Crippen LogP contribution in [0.1, 0.15) is 23.9 Å².